The molecule has 2 aromatic carbocycles. The van der Waals surface area contributed by atoms with E-state index in [1.165, 1.54) is 0 Å². The largest absolute Gasteiger partial charge is 0.481 e. The smallest absolute Gasteiger partial charge is 0.308 e. The third-order valence-electron chi connectivity index (χ3n) is 4.12. The van der Waals surface area contributed by atoms with Crippen molar-refractivity contribution in [2.75, 3.05) is 6.54 Å². The average Bonchev–Trinajstić information content (AvgIpc) is 3.07. The number of rotatable bonds is 8. The first-order chi connectivity index (χ1) is 12.6. The van der Waals surface area contributed by atoms with Crippen LogP contribution in [0, 0.1) is 5.92 Å². The number of aliphatic carboxylic acids is 1. The Morgan fingerprint density at radius 3 is 2.54 bits per heavy atom. The number of hydrogen-bond acceptors (Lipinski definition) is 4. The molecule has 26 heavy (non-hydrogen) atoms. The molecule has 1 amide bonds. The molecule has 3 aromatic rings. The van der Waals surface area contributed by atoms with Gasteiger partial charge in [-0.05, 0) is 24.1 Å². The first-order valence-electron chi connectivity index (χ1n) is 8.49. The quantitative estimate of drug-likeness (QED) is 0.650. The van der Waals surface area contributed by atoms with Gasteiger partial charge in [0.1, 0.15) is 5.52 Å². The molecule has 6 nitrogen and oxygen atoms in total. The molecule has 0 spiro atoms. The zero-order valence-corrected chi connectivity index (χ0v) is 14.2. The van der Waals surface area contributed by atoms with E-state index in [-0.39, 0.29) is 18.9 Å². The minimum atomic E-state index is -0.923. The van der Waals surface area contributed by atoms with Crippen molar-refractivity contribution in [1.82, 2.24) is 10.3 Å². The molecular formula is C20H20N2O4. The molecule has 1 heterocycles. The van der Waals surface area contributed by atoms with E-state index in [4.69, 9.17) is 4.42 Å². The fraction of sp³-hybridized carbons (Fsp3) is 0.250. The number of carbonyl (C=O) groups excluding carboxylic acids is 1. The second-order valence-electron chi connectivity index (χ2n) is 6.10. The van der Waals surface area contributed by atoms with Gasteiger partial charge in [-0.2, -0.15) is 0 Å². The number of nitrogens with one attached hydrogen (secondary N) is 1. The van der Waals surface area contributed by atoms with Crippen LogP contribution in [0.2, 0.25) is 0 Å². The second-order valence-corrected chi connectivity index (χ2v) is 6.10. The van der Waals surface area contributed by atoms with Crippen LogP contribution in [0.5, 0.6) is 0 Å². The molecule has 0 aliphatic rings. The van der Waals surface area contributed by atoms with Crippen LogP contribution in [0.4, 0.5) is 0 Å². The van der Waals surface area contributed by atoms with Gasteiger partial charge >= 0.3 is 5.97 Å². The standard InChI is InChI=1S/C20H20N2O4/c23-18(10-11-19-22-16-8-4-5-9-17(16)26-19)21-13-15(20(24)25)12-14-6-2-1-3-7-14/h1-9,15H,10-13H2,(H,21,23)(H,24,25). The maximum atomic E-state index is 12.0. The van der Waals surface area contributed by atoms with E-state index in [1.54, 1.807) is 0 Å². The van der Waals surface area contributed by atoms with E-state index in [9.17, 15) is 14.7 Å². The minimum absolute atomic E-state index is 0.0939. The van der Waals surface area contributed by atoms with Gasteiger partial charge < -0.3 is 14.8 Å². The van der Waals surface area contributed by atoms with Gasteiger partial charge in [-0.15, -0.1) is 0 Å². The Hall–Kier alpha value is -3.15. The number of carboxylic acid groups (broad SMARTS) is 1. The van der Waals surface area contributed by atoms with Gasteiger partial charge in [0.25, 0.3) is 0 Å². The van der Waals surface area contributed by atoms with Crippen molar-refractivity contribution in [1.29, 1.82) is 0 Å². The Morgan fingerprint density at radius 1 is 1.08 bits per heavy atom. The Bertz CT molecular complexity index is 856. The number of fused-ring (bicyclic) bond motifs is 1. The number of aromatic nitrogens is 1. The van der Waals surface area contributed by atoms with Crippen LogP contribution in [0.3, 0.4) is 0 Å². The molecule has 134 valence electrons. The maximum Gasteiger partial charge on any atom is 0.308 e. The summed E-state index contributed by atoms with van der Waals surface area (Å²) >= 11 is 0. The number of nitrogens with zero attached hydrogens (tertiary/aromatic N) is 1. The third kappa shape index (κ3) is 4.69. The predicted octanol–water partition coefficient (Wildman–Crippen LogP) is 2.82. The lowest BCUT2D eigenvalue weighted by atomic mass is 9.99. The van der Waals surface area contributed by atoms with E-state index in [0.717, 1.165) is 11.1 Å². The summed E-state index contributed by atoms with van der Waals surface area (Å²) in [7, 11) is 0. The van der Waals surface area contributed by atoms with Gasteiger partial charge in [0.05, 0.1) is 5.92 Å². The highest BCUT2D eigenvalue weighted by Gasteiger charge is 2.19. The van der Waals surface area contributed by atoms with Crippen molar-refractivity contribution in [2.24, 2.45) is 5.92 Å². The summed E-state index contributed by atoms with van der Waals surface area (Å²) in [4.78, 5) is 27.8. The van der Waals surface area contributed by atoms with Crippen molar-refractivity contribution in [3.63, 3.8) is 0 Å². The summed E-state index contributed by atoms with van der Waals surface area (Å²) in [6.07, 6.45) is 0.947. The molecule has 0 aliphatic heterocycles. The zero-order chi connectivity index (χ0) is 18.4. The van der Waals surface area contributed by atoms with E-state index < -0.39 is 11.9 Å². The Morgan fingerprint density at radius 2 is 1.81 bits per heavy atom. The molecule has 0 saturated heterocycles. The lowest BCUT2D eigenvalue weighted by molar-refractivity contribution is -0.141. The lowest BCUT2D eigenvalue weighted by Gasteiger charge is -2.13. The Balaban J connectivity index is 1.49. The maximum absolute atomic E-state index is 12.0. The minimum Gasteiger partial charge on any atom is -0.481 e. The average molecular weight is 352 g/mol. The number of carbonyl (C=O) groups is 2. The van der Waals surface area contributed by atoms with E-state index in [0.29, 0.717) is 24.3 Å². The van der Waals surface area contributed by atoms with Crippen LogP contribution in [0.1, 0.15) is 17.9 Å². The van der Waals surface area contributed by atoms with E-state index >= 15 is 0 Å². The normalized spacial score (nSPS) is 12.0. The molecular weight excluding hydrogens is 332 g/mol. The van der Waals surface area contributed by atoms with Crippen LogP contribution in [0.25, 0.3) is 11.1 Å². The molecule has 2 N–H and O–H groups in total. The first kappa shape index (κ1) is 17.7. The SMILES string of the molecule is O=C(CCc1nc2ccccc2o1)NCC(Cc1ccccc1)C(=O)O. The van der Waals surface area contributed by atoms with Crippen LogP contribution >= 0.6 is 0 Å². The highest BCUT2D eigenvalue weighted by molar-refractivity contribution is 5.78. The van der Waals surface area contributed by atoms with Crippen LogP contribution in [-0.2, 0) is 22.4 Å². The summed E-state index contributed by atoms with van der Waals surface area (Å²) < 4.78 is 5.58. The number of oxazole rings is 1. The zero-order valence-electron chi connectivity index (χ0n) is 14.2. The fourth-order valence-electron chi connectivity index (χ4n) is 2.72. The van der Waals surface area contributed by atoms with Crippen molar-refractivity contribution in [3.8, 4) is 0 Å². The van der Waals surface area contributed by atoms with Gasteiger partial charge in [0, 0.05) is 19.4 Å². The number of para-hydroxylation sites is 2. The van der Waals surface area contributed by atoms with E-state index in [1.807, 2.05) is 54.6 Å². The van der Waals surface area contributed by atoms with Crippen molar-refractivity contribution in [2.45, 2.75) is 19.3 Å². The molecule has 1 unspecified atom stereocenters. The third-order valence-corrected chi connectivity index (χ3v) is 4.12. The monoisotopic (exact) mass is 352 g/mol. The summed E-state index contributed by atoms with van der Waals surface area (Å²) in [6.45, 7) is 0.0939. The summed E-state index contributed by atoms with van der Waals surface area (Å²) in [5, 5.41) is 12.1. The number of aryl methyl sites for hydroxylation is 1. The first-order valence-corrected chi connectivity index (χ1v) is 8.49. The summed E-state index contributed by atoms with van der Waals surface area (Å²) in [6, 6.07) is 16.8. The van der Waals surface area contributed by atoms with Gasteiger partial charge in [0.2, 0.25) is 5.91 Å². The van der Waals surface area contributed by atoms with Crippen LogP contribution in [0.15, 0.2) is 59.0 Å². The number of benzene rings is 2. The molecule has 0 saturated carbocycles. The van der Waals surface area contributed by atoms with Crippen LogP contribution in [-0.4, -0.2) is 28.5 Å². The highest BCUT2D eigenvalue weighted by Crippen LogP contribution is 2.15. The molecule has 0 radical (unpaired) electrons. The molecule has 0 bridgehead atoms. The second kappa shape index (κ2) is 8.29. The van der Waals surface area contributed by atoms with Crippen LogP contribution < -0.4 is 5.32 Å². The van der Waals surface area contributed by atoms with E-state index in [2.05, 4.69) is 10.3 Å². The molecule has 6 heteroatoms. The number of hydrogen-bond donors (Lipinski definition) is 2. The topological polar surface area (TPSA) is 92.4 Å². The molecule has 0 fully saturated rings. The predicted molar refractivity (Wildman–Crippen MR) is 96.6 cm³/mol. The van der Waals surface area contributed by atoms with Crippen molar-refractivity contribution >= 4 is 23.0 Å². The van der Waals surface area contributed by atoms with Crippen molar-refractivity contribution < 1.29 is 19.1 Å². The Kier molecular flexibility index (Phi) is 5.63. The number of carboxylic acids is 1. The molecule has 1 atom stereocenters. The number of amides is 1. The van der Waals surface area contributed by atoms with Gasteiger partial charge in [-0.1, -0.05) is 42.5 Å². The molecule has 0 aliphatic carbocycles. The highest BCUT2D eigenvalue weighted by atomic mass is 16.4. The fourth-order valence-corrected chi connectivity index (χ4v) is 2.72. The van der Waals surface area contributed by atoms with Crippen molar-refractivity contribution in [3.05, 3.63) is 66.1 Å². The molecule has 1 aromatic heterocycles. The summed E-state index contributed by atoms with van der Waals surface area (Å²) in [5.74, 6) is -1.30. The van der Waals surface area contributed by atoms with Gasteiger partial charge in [-0.25, -0.2) is 4.98 Å². The van der Waals surface area contributed by atoms with Gasteiger partial charge in [-0.3, -0.25) is 9.59 Å². The van der Waals surface area contributed by atoms with Gasteiger partial charge in [0.15, 0.2) is 11.5 Å². The lowest BCUT2D eigenvalue weighted by Crippen LogP contribution is -2.34. The molecule has 3 rings (SSSR count). The summed E-state index contributed by atoms with van der Waals surface area (Å²) in [5.41, 5.74) is 2.38. The Labute approximate surface area is 150 Å².